The second-order valence-electron chi connectivity index (χ2n) is 9.31. The molecule has 2 heterocycles. The number of ether oxygens (including phenoxy) is 1. The van der Waals surface area contributed by atoms with E-state index in [1.54, 1.807) is 4.57 Å². The summed E-state index contributed by atoms with van der Waals surface area (Å²) in [5, 5.41) is 21.1. The van der Waals surface area contributed by atoms with Crippen LogP contribution in [0.1, 0.15) is 32.6 Å². The molecule has 0 aliphatic heterocycles. The van der Waals surface area contributed by atoms with Gasteiger partial charge in [-0.05, 0) is 66.9 Å². The number of allylic oxidation sites excluding steroid dienone is 2. The number of fused-ring (bicyclic) bond motifs is 1. The Labute approximate surface area is 231 Å². The number of hydrogen-bond acceptors (Lipinski definition) is 5. The SMILES string of the molecule is CCC1=CC=c2nc(-c3ccc(-c4ccc(OCCCC(=O)O)cc4)cc3)cc(-n3c(O)c[nH]c3=S)c2=CC1. The van der Waals surface area contributed by atoms with Crippen molar-refractivity contribution >= 4 is 30.3 Å². The third-order valence-electron chi connectivity index (χ3n) is 6.74. The number of carboxylic acids is 1. The summed E-state index contributed by atoms with van der Waals surface area (Å²) in [5.74, 6) is -0.0621. The number of benzene rings is 2. The van der Waals surface area contributed by atoms with Crippen molar-refractivity contribution in [3.8, 4) is 39.7 Å². The van der Waals surface area contributed by atoms with Gasteiger partial charge in [0.15, 0.2) is 4.77 Å². The second-order valence-corrected chi connectivity index (χ2v) is 9.70. The van der Waals surface area contributed by atoms with Crippen LogP contribution in [0.3, 0.4) is 0 Å². The minimum Gasteiger partial charge on any atom is -0.494 e. The van der Waals surface area contributed by atoms with E-state index < -0.39 is 5.97 Å². The maximum atomic E-state index is 10.6. The molecule has 8 heteroatoms. The number of aliphatic carboxylic acids is 1. The first-order valence-electron chi connectivity index (χ1n) is 12.9. The molecular formula is C31H29N3O4S. The molecule has 3 N–H and O–H groups in total. The molecule has 0 saturated carbocycles. The molecular weight excluding hydrogens is 510 g/mol. The number of imidazole rings is 1. The molecule has 5 rings (SSSR count). The Morgan fingerprint density at radius 3 is 2.41 bits per heavy atom. The molecule has 0 fully saturated rings. The molecule has 1 aliphatic rings. The molecule has 2 aromatic heterocycles. The van der Waals surface area contributed by atoms with Crippen molar-refractivity contribution in [2.45, 2.75) is 32.6 Å². The normalized spacial score (nSPS) is 12.5. The summed E-state index contributed by atoms with van der Waals surface area (Å²) in [5.41, 5.74) is 5.90. The molecule has 39 heavy (non-hydrogen) atoms. The molecule has 1 aliphatic carbocycles. The van der Waals surface area contributed by atoms with Gasteiger partial charge in [0, 0.05) is 17.2 Å². The molecule has 0 atom stereocenters. The highest BCUT2D eigenvalue weighted by molar-refractivity contribution is 7.71. The van der Waals surface area contributed by atoms with E-state index in [0.717, 1.165) is 51.5 Å². The van der Waals surface area contributed by atoms with Gasteiger partial charge in [-0.25, -0.2) is 4.98 Å². The lowest BCUT2D eigenvalue weighted by Gasteiger charge is -2.11. The maximum Gasteiger partial charge on any atom is 0.303 e. The number of aromatic amines is 1. The zero-order valence-electron chi connectivity index (χ0n) is 21.6. The average molecular weight is 540 g/mol. The van der Waals surface area contributed by atoms with Crippen molar-refractivity contribution < 1.29 is 19.7 Å². The van der Waals surface area contributed by atoms with Crippen LogP contribution in [0.15, 0.2) is 72.4 Å². The topological polar surface area (TPSA) is 100 Å². The lowest BCUT2D eigenvalue weighted by atomic mass is 10.0. The summed E-state index contributed by atoms with van der Waals surface area (Å²) in [6, 6.07) is 17.9. The third-order valence-corrected chi connectivity index (χ3v) is 7.04. The van der Waals surface area contributed by atoms with Gasteiger partial charge in [0.25, 0.3) is 0 Å². The van der Waals surface area contributed by atoms with Gasteiger partial charge < -0.3 is 19.9 Å². The predicted molar refractivity (Wildman–Crippen MR) is 155 cm³/mol. The fraction of sp³-hybridized carbons (Fsp3) is 0.194. The van der Waals surface area contributed by atoms with E-state index in [0.29, 0.717) is 23.5 Å². The van der Waals surface area contributed by atoms with E-state index in [1.165, 1.54) is 11.8 Å². The minimum atomic E-state index is -0.819. The van der Waals surface area contributed by atoms with Crippen molar-refractivity contribution in [1.82, 2.24) is 14.5 Å². The number of carboxylic acid groups (broad SMARTS) is 1. The first-order valence-corrected chi connectivity index (χ1v) is 13.3. The van der Waals surface area contributed by atoms with Gasteiger partial charge in [-0.1, -0.05) is 61.0 Å². The van der Waals surface area contributed by atoms with Gasteiger partial charge in [0.05, 0.1) is 29.5 Å². The Kier molecular flexibility index (Phi) is 7.74. The van der Waals surface area contributed by atoms with Gasteiger partial charge in [-0.3, -0.25) is 9.36 Å². The number of hydrogen-bond donors (Lipinski definition) is 3. The van der Waals surface area contributed by atoms with Crippen molar-refractivity contribution in [3.63, 3.8) is 0 Å². The van der Waals surface area contributed by atoms with Crippen LogP contribution in [0.25, 0.3) is 40.2 Å². The van der Waals surface area contributed by atoms with E-state index in [4.69, 9.17) is 27.0 Å². The fourth-order valence-corrected chi connectivity index (χ4v) is 4.82. The molecule has 4 aromatic rings. The lowest BCUT2D eigenvalue weighted by Crippen LogP contribution is -2.32. The number of nitrogens with one attached hydrogen (secondary N) is 1. The van der Waals surface area contributed by atoms with E-state index >= 15 is 0 Å². The van der Waals surface area contributed by atoms with E-state index in [1.807, 2.05) is 48.5 Å². The van der Waals surface area contributed by atoms with Gasteiger partial charge in [0.1, 0.15) is 5.75 Å². The molecule has 0 unspecified atom stereocenters. The van der Waals surface area contributed by atoms with Crippen LogP contribution in [0.2, 0.25) is 0 Å². The van der Waals surface area contributed by atoms with Gasteiger partial charge in [-0.15, -0.1) is 0 Å². The van der Waals surface area contributed by atoms with Crippen LogP contribution < -0.4 is 15.3 Å². The predicted octanol–water partition coefficient (Wildman–Crippen LogP) is 5.51. The summed E-state index contributed by atoms with van der Waals surface area (Å²) in [6.07, 6.45) is 10.1. The molecule has 0 radical (unpaired) electrons. The number of aromatic hydroxyl groups is 1. The van der Waals surface area contributed by atoms with Crippen LogP contribution in [0, 0.1) is 4.77 Å². The van der Waals surface area contributed by atoms with Crippen molar-refractivity contribution in [1.29, 1.82) is 0 Å². The Morgan fingerprint density at radius 1 is 1.08 bits per heavy atom. The molecule has 2 aromatic carbocycles. The highest BCUT2D eigenvalue weighted by Gasteiger charge is 2.13. The molecule has 0 saturated heterocycles. The van der Waals surface area contributed by atoms with Crippen LogP contribution in [-0.2, 0) is 4.79 Å². The Morgan fingerprint density at radius 2 is 1.77 bits per heavy atom. The smallest absolute Gasteiger partial charge is 0.303 e. The fourth-order valence-electron chi connectivity index (χ4n) is 4.57. The summed E-state index contributed by atoms with van der Waals surface area (Å²) < 4.78 is 7.69. The van der Waals surface area contributed by atoms with Gasteiger partial charge >= 0.3 is 5.97 Å². The van der Waals surface area contributed by atoms with Gasteiger partial charge in [-0.2, -0.15) is 0 Å². The lowest BCUT2D eigenvalue weighted by molar-refractivity contribution is -0.137. The van der Waals surface area contributed by atoms with Crippen molar-refractivity contribution in [3.05, 3.63) is 87.8 Å². The number of H-pyrrole nitrogens is 1. The minimum absolute atomic E-state index is 0.0466. The zero-order valence-corrected chi connectivity index (χ0v) is 22.4. The quantitative estimate of drug-likeness (QED) is 0.191. The molecule has 7 nitrogen and oxygen atoms in total. The zero-order chi connectivity index (χ0) is 27.4. The first kappa shape index (κ1) is 26.2. The molecule has 198 valence electrons. The third kappa shape index (κ3) is 5.86. The standard InChI is InChI=1S/C31H29N3O4S/c1-2-20-5-15-25-26(16-6-20)33-27(18-28(25)34-29(35)19-32-31(34)39)23-9-7-21(8-10-23)22-11-13-24(14-12-22)38-17-3-4-30(36)37/h6-16,18-19,35H,2-5,17H2,1H3,(H,32,39)(H,36,37). The Hall–Kier alpha value is -4.43. The van der Waals surface area contributed by atoms with Gasteiger partial charge in [0.2, 0.25) is 5.88 Å². The number of nitrogens with zero attached hydrogens (tertiary/aromatic N) is 2. The van der Waals surface area contributed by atoms with Crippen LogP contribution in [0.5, 0.6) is 11.6 Å². The highest BCUT2D eigenvalue weighted by Crippen LogP contribution is 2.27. The van der Waals surface area contributed by atoms with E-state index in [-0.39, 0.29) is 12.3 Å². The highest BCUT2D eigenvalue weighted by atomic mass is 32.1. The number of rotatable bonds is 9. The van der Waals surface area contributed by atoms with Crippen LogP contribution in [0.4, 0.5) is 0 Å². The summed E-state index contributed by atoms with van der Waals surface area (Å²) in [6.45, 7) is 2.51. The van der Waals surface area contributed by atoms with Crippen molar-refractivity contribution in [2.75, 3.05) is 6.61 Å². The Balaban J connectivity index is 1.46. The Bertz CT molecular complexity index is 1720. The number of pyridine rings is 1. The maximum absolute atomic E-state index is 10.6. The average Bonchev–Trinajstić information content (AvgIpc) is 3.15. The summed E-state index contributed by atoms with van der Waals surface area (Å²) >= 11 is 5.48. The van der Waals surface area contributed by atoms with E-state index in [9.17, 15) is 9.90 Å². The first-order chi connectivity index (χ1) is 18.9. The van der Waals surface area contributed by atoms with Crippen LogP contribution in [-0.4, -0.2) is 37.3 Å². The number of aromatic nitrogens is 3. The summed E-state index contributed by atoms with van der Waals surface area (Å²) in [4.78, 5) is 18.5. The second kappa shape index (κ2) is 11.5. The van der Waals surface area contributed by atoms with Crippen LogP contribution >= 0.6 is 12.2 Å². The molecule has 0 bridgehead atoms. The largest absolute Gasteiger partial charge is 0.494 e. The molecule has 0 amide bonds. The number of carbonyl (C=O) groups is 1. The van der Waals surface area contributed by atoms with E-state index in [2.05, 4.69) is 36.2 Å². The van der Waals surface area contributed by atoms with Crippen molar-refractivity contribution in [2.24, 2.45) is 0 Å². The molecule has 0 spiro atoms. The monoisotopic (exact) mass is 539 g/mol. The summed E-state index contributed by atoms with van der Waals surface area (Å²) in [7, 11) is 0.